The number of rotatable bonds is 4. The number of nitrogens with zero attached hydrogens (tertiary/aromatic N) is 3. The first-order valence-electron chi connectivity index (χ1n) is 8.11. The summed E-state index contributed by atoms with van der Waals surface area (Å²) in [6.07, 6.45) is 2.18. The highest BCUT2D eigenvalue weighted by Crippen LogP contribution is 2.31. The maximum absolute atomic E-state index is 12.6. The zero-order chi connectivity index (χ0) is 18.0. The molecule has 0 fully saturated rings. The van der Waals surface area contributed by atoms with Gasteiger partial charge in [-0.25, -0.2) is 0 Å². The molecule has 1 atom stereocenters. The molecule has 3 rings (SSSR count). The number of fused-ring (bicyclic) bond motifs is 1. The molecule has 1 unspecified atom stereocenters. The predicted molar refractivity (Wildman–Crippen MR) is 91.6 cm³/mol. The fourth-order valence-corrected chi connectivity index (χ4v) is 2.72. The highest BCUT2D eigenvalue weighted by Gasteiger charge is 2.27. The number of nitriles is 1. The molecule has 25 heavy (non-hydrogen) atoms. The maximum Gasteiger partial charge on any atom is 0.232 e. The first-order chi connectivity index (χ1) is 12.0. The summed E-state index contributed by atoms with van der Waals surface area (Å²) in [5.41, 5.74) is 1.28. The van der Waals surface area contributed by atoms with E-state index in [4.69, 9.17) is 9.47 Å². The van der Waals surface area contributed by atoms with Crippen molar-refractivity contribution in [3.63, 3.8) is 0 Å². The normalized spacial score (nSPS) is 15.9. The van der Waals surface area contributed by atoms with E-state index in [-0.39, 0.29) is 30.3 Å². The van der Waals surface area contributed by atoms with Gasteiger partial charge in [0.15, 0.2) is 5.82 Å². The van der Waals surface area contributed by atoms with Crippen LogP contribution >= 0.6 is 0 Å². The molecule has 0 aliphatic carbocycles. The largest absolute Gasteiger partial charge is 0.497 e. The Hall–Kier alpha value is -3.01. The van der Waals surface area contributed by atoms with E-state index in [1.807, 2.05) is 32.0 Å². The topological polar surface area (TPSA) is 89.2 Å². The fraction of sp³-hybridized carbons (Fsp3) is 0.389. The van der Waals surface area contributed by atoms with Gasteiger partial charge in [0, 0.05) is 12.2 Å². The molecular formula is C18H20N4O3. The van der Waals surface area contributed by atoms with Gasteiger partial charge in [0.25, 0.3) is 0 Å². The SMILES string of the molecule is COc1ccc2c(c1)CC(C(=O)Nc1nn(C(C)C)cc1C#N)CO2. The van der Waals surface area contributed by atoms with Crippen molar-refractivity contribution in [2.75, 3.05) is 19.0 Å². The molecule has 0 saturated carbocycles. The smallest absolute Gasteiger partial charge is 0.232 e. The number of aromatic nitrogens is 2. The van der Waals surface area contributed by atoms with Gasteiger partial charge in [-0.05, 0) is 44.0 Å². The molecule has 1 aromatic carbocycles. The number of benzene rings is 1. The van der Waals surface area contributed by atoms with E-state index in [0.717, 1.165) is 17.1 Å². The van der Waals surface area contributed by atoms with Gasteiger partial charge in [0.2, 0.25) is 5.91 Å². The second kappa shape index (κ2) is 6.85. The first-order valence-corrected chi connectivity index (χ1v) is 8.11. The molecule has 1 aliphatic heterocycles. The Labute approximate surface area is 146 Å². The van der Waals surface area contributed by atoms with Crippen LogP contribution in [0.15, 0.2) is 24.4 Å². The number of carbonyl (C=O) groups excluding carboxylic acids is 1. The third kappa shape index (κ3) is 3.43. The molecule has 1 aromatic heterocycles. The predicted octanol–water partition coefficient (Wildman–Crippen LogP) is 2.53. The van der Waals surface area contributed by atoms with E-state index in [0.29, 0.717) is 12.0 Å². The van der Waals surface area contributed by atoms with Gasteiger partial charge in [-0.1, -0.05) is 0 Å². The van der Waals surface area contributed by atoms with Crippen LogP contribution in [0.3, 0.4) is 0 Å². The van der Waals surface area contributed by atoms with Gasteiger partial charge >= 0.3 is 0 Å². The van der Waals surface area contributed by atoms with Gasteiger partial charge in [0.05, 0.1) is 13.0 Å². The van der Waals surface area contributed by atoms with Gasteiger partial charge < -0.3 is 14.8 Å². The first kappa shape index (κ1) is 16.8. The Morgan fingerprint density at radius 2 is 2.32 bits per heavy atom. The van der Waals surface area contributed by atoms with Crippen LogP contribution in [-0.4, -0.2) is 29.4 Å². The molecule has 0 radical (unpaired) electrons. The second-order valence-electron chi connectivity index (χ2n) is 6.25. The number of anilines is 1. The quantitative estimate of drug-likeness (QED) is 0.924. The van der Waals surface area contributed by atoms with E-state index in [1.165, 1.54) is 0 Å². The highest BCUT2D eigenvalue weighted by atomic mass is 16.5. The maximum atomic E-state index is 12.6. The Morgan fingerprint density at radius 1 is 1.52 bits per heavy atom. The Morgan fingerprint density at radius 3 is 3.00 bits per heavy atom. The summed E-state index contributed by atoms with van der Waals surface area (Å²) in [6, 6.07) is 7.73. The van der Waals surface area contributed by atoms with E-state index >= 15 is 0 Å². The summed E-state index contributed by atoms with van der Waals surface area (Å²) in [7, 11) is 1.60. The van der Waals surface area contributed by atoms with Crippen LogP contribution in [-0.2, 0) is 11.2 Å². The lowest BCUT2D eigenvalue weighted by Gasteiger charge is -2.24. The van der Waals surface area contributed by atoms with E-state index in [2.05, 4.69) is 16.5 Å². The standard InChI is InChI=1S/C18H20N4O3/c1-11(2)22-9-14(8-19)17(21-22)20-18(23)13-6-12-7-15(24-3)4-5-16(12)25-10-13/h4-5,7,9,11,13H,6,10H2,1-3H3,(H,20,21,23). The number of hydrogen-bond donors (Lipinski definition) is 1. The van der Waals surface area contributed by atoms with Gasteiger partial charge in [-0.15, -0.1) is 0 Å². The zero-order valence-corrected chi connectivity index (χ0v) is 14.4. The van der Waals surface area contributed by atoms with Crippen molar-refractivity contribution in [1.82, 2.24) is 9.78 Å². The molecule has 7 heteroatoms. The minimum atomic E-state index is -0.352. The zero-order valence-electron chi connectivity index (χ0n) is 14.4. The summed E-state index contributed by atoms with van der Waals surface area (Å²) < 4.78 is 12.6. The van der Waals surface area contributed by atoms with E-state index < -0.39 is 0 Å². The number of nitrogens with one attached hydrogen (secondary N) is 1. The van der Waals surface area contributed by atoms with Crippen molar-refractivity contribution in [2.45, 2.75) is 26.3 Å². The average molecular weight is 340 g/mol. The van der Waals surface area contributed by atoms with Crippen LogP contribution in [0.4, 0.5) is 5.82 Å². The third-order valence-corrected chi connectivity index (χ3v) is 4.17. The van der Waals surface area contributed by atoms with Crippen LogP contribution in [0.1, 0.15) is 31.0 Å². The summed E-state index contributed by atoms with van der Waals surface area (Å²) in [5, 5.41) is 16.3. The number of hydrogen-bond acceptors (Lipinski definition) is 5. The molecule has 2 aromatic rings. The number of carbonyl (C=O) groups is 1. The van der Waals surface area contributed by atoms with E-state index in [1.54, 1.807) is 18.0 Å². The van der Waals surface area contributed by atoms with Gasteiger partial charge in [-0.2, -0.15) is 10.4 Å². The molecule has 1 N–H and O–H groups in total. The molecule has 0 spiro atoms. The lowest BCUT2D eigenvalue weighted by molar-refractivity contribution is -0.121. The summed E-state index contributed by atoms with van der Waals surface area (Å²) >= 11 is 0. The fourth-order valence-electron chi connectivity index (χ4n) is 2.72. The summed E-state index contributed by atoms with van der Waals surface area (Å²) in [6.45, 7) is 4.20. The van der Waals surface area contributed by atoms with Crippen molar-refractivity contribution in [3.05, 3.63) is 35.5 Å². The molecule has 1 aliphatic rings. The number of ether oxygens (including phenoxy) is 2. The van der Waals surface area contributed by atoms with Gasteiger partial charge in [-0.3, -0.25) is 9.48 Å². The highest BCUT2D eigenvalue weighted by molar-refractivity contribution is 5.93. The lowest BCUT2D eigenvalue weighted by atomic mass is 9.96. The van der Waals surface area contributed by atoms with Crippen LogP contribution in [0.25, 0.3) is 0 Å². The third-order valence-electron chi connectivity index (χ3n) is 4.17. The summed E-state index contributed by atoms with van der Waals surface area (Å²) in [5.74, 6) is 1.23. The average Bonchev–Trinajstić information content (AvgIpc) is 3.03. The van der Waals surface area contributed by atoms with Crippen molar-refractivity contribution in [1.29, 1.82) is 5.26 Å². The van der Waals surface area contributed by atoms with Crippen molar-refractivity contribution >= 4 is 11.7 Å². The van der Waals surface area contributed by atoms with Crippen molar-refractivity contribution in [3.8, 4) is 17.6 Å². The molecular weight excluding hydrogens is 320 g/mol. The minimum Gasteiger partial charge on any atom is -0.497 e. The monoisotopic (exact) mass is 340 g/mol. The van der Waals surface area contributed by atoms with Crippen molar-refractivity contribution in [2.24, 2.45) is 5.92 Å². The molecule has 2 heterocycles. The number of amides is 1. The van der Waals surface area contributed by atoms with Crippen LogP contribution in [0, 0.1) is 17.2 Å². The Balaban J connectivity index is 1.75. The van der Waals surface area contributed by atoms with Gasteiger partial charge in [0.1, 0.15) is 29.7 Å². The van der Waals surface area contributed by atoms with Crippen molar-refractivity contribution < 1.29 is 14.3 Å². The molecule has 0 bridgehead atoms. The van der Waals surface area contributed by atoms with Crippen LogP contribution < -0.4 is 14.8 Å². The second-order valence-corrected chi connectivity index (χ2v) is 6.25. The molecule has 1 amide bonds. The van der Waals surface area contributed by atoms with E-state index in [9.17, 15) is 10.1 Å². The molecule has 7 nitrogen and oxygen atoms in total. The van der Waals surface area contributed by atoms with Crippen LogP contribution in [0.5, 0.6) is 11.5 Å². The number of methoxy groups -OCH3 is 1. The lowest BCUT2D eigenvalue weighted by Crippen LogP contribution is -2.33. The Bertz CT molecular complexity index is 835. The molecule has 130 valence electrons. The minimum absolute atomic E-state index is 0.107. The Kier molecular flexibility index (Phi) is 4.61. The molecule has 0 saturated heterocycles. The van der Waals surface area contributed by atoms with Crippen LogP contribution in [0.2, 0.25) is 0 Å². The summed E-state index contributed by atoms with van der Waals surface area (Å²) in [4.78, 5) is 12.6.